The van der Waals surface area contributed by atoms with Gasteiger partial charge in [0.2, 0.25) is 11.8 Å². The molecule has 0 saturated heterocycles. The first-order chi connectivity index (χ1) is 7.20. The molecular formula is C10H10FN3O. The lowest BCUT2D eigenvalue weighted by Gasteiger charge is -1.99. The molecule has 0 unspecified atom stereocenters. The van der Waals surface area contributed by atoms with Gasteiger partial charge in [0.15, 0.2) is 0 Å². The van der Waals surface area contributed by atoms with Gasteiger partial charge in [0.05, 0.1) is 6.54 Å². The zero-order valence-corrected chi connectivity index (χ0v) is 8.20. The van der Waals surface area contributed by atoms with E-state index < -0.39 is 0 Å². The van der Waals surface area contributed by atoms with Crippen molar-refractivity contribution in [3.63, 3.8) is 0 Å². The van der Waals surface area contributed by atoms with E-state index in [4.69, 9.17) is 10.2 Å². The highest BCUT2D eigenvalue weighted by atomic mass is 19.1. The molecule has 2 N–H and O–H groups in total. The third-order valence-electron chi connectivity index (χ3n) is 2.07. The minimum atomic E-state index is -0.330. The van der Waals surface area contributed by atoms with Crippen LogP contribution in [-0.2, 0) is 6.54 Å². The zero-order chi connectivity index (χ0) is 10.8. The van der Waals surface area contributed by atoms with E-state index in [1.165, 1.54) is 12.1 Å². The molecule has 2 rings (SSSR count). The van der Waals surface area contributed by atoms with Gasteiger partial charge in [0.25, 0.3) is 0 Å². The Bertz CT molecular complexity index is 481. The predicted octanol–water partition coefficient (Wildman–Crippen LogP) is 1.64. The van der Waals surface area contributed by atoms with Crippen LogP contribution >= 0.6 is 0 Å². The molecule has 0 aliphatic rings. The molecule has 1 heterocycles. The van der Waals surface area contributed by atoms with E-state index in [1.54, 1.807) is 6.07 Å². The number of hydrogen-bond acceptors (Lipinski definition) is 4. The number of benzene rings is 1. The second-order valence-electron chi connectivity index (χ2n) is 3.16. The fourth-order valence-corrected chi connectivity index (χ4v) is 1.27. The molecule has 0 fully saturated rings. The molecule has 2 aromatic rings. The van der Waals surface area contributed by atoms with Crippen LogP contribution in [0, 0.1) is 12.7 Å². The summed E-state index contributed by atoms with van der Waals surface area (Å²) in [6.45, 7) is 2.03. The van der Waals surface area contributed by atoms with E-state index >= 15 is 0 Å². The smallest absolute Gasteiger partial charge is 0.248 e. The Balaban J connectivity index is 2.48. The number of aromatic nitrogens is 2. The number of aryl methyl sites for hydroxylation is 1. The van der Waals surface area contributed by atoms with Crippen molar-refractivity contribution in [2.45, 2.75) is 13.5 Å². The maximum Gasteiger partial charge on any atom is 0.248 e. The highest BCUT2D eigenvalue weighted by Crippen LogP contribution is 2.22. The van der Waals surface area contributed by atoms with Crippen molar-refractivity contribution < 1.29 is 8.81 Å². The molecule has 0 radical (unpaired) electrons. The van der Waals surface area contributed by atoms with Crippen molar-refractivity contribution in [2.24, 2.45) is 5.73 Å². The summed E-state index contributed by atoms with van der Waals surface area (Å²) >= 11 is 0. The minimum absolute atomic E-state index is 0.182. The van der Waals surface area contributed by atoms with Gasteiger partial charge in [-0.05, 0) is 24.6 Å². The monoisotopic (exact) mass is 207 g/mol. The Morgan fingerprint density at radius 3 is 2.87 bits per heavy atom. The fraction of sp³-hybridized carbons (Fsp3) is 0.200. The normalized spacial score (nSPS) is 10.6. The van der Waals surface area contributed by atoms with Crippen LogP contribution in [0.1, 0.15) is 11.5 Å². The lowest BCUT2D eigenvalue weighted by Crippen LogP contribution is -1.95. The van der Waals surface area contributed by atoms with Gasteiger partial charge in [-0.25, -0.2) is 4.39 Å². The van der Waals surface area contributed by atoms with Crippen LogP contribution in [0.15, 0.2) is 22.6 Å². The van der Waals surface area contributed by atoms with Gasteiger partial charge in [-0.1, -0.05) is 6.07 Å². The van der Waals surface area contributed by atoms with Gasteiger partial charge in [0, 0.05) is 5.56 Å². The quantitative estimate of drug-likeness (QED) is 0.813. The second-order valence-corrected chi connectivity index (χ2v) is 3.16. The molecule has 0 bridgehead atoms. The van der Waals surface area contributed by atoms with Crippen molar-refractivity contribution >= 4 is 0 Å². The molecule has 0 aliphatic carbocycles. The number of hydrogen-bond donors (Lipinski definition) is 1. The Morgan fingerprint density at radius 1 is 1.40 bits per heavy atom. The van der Waals surface area contributed by atoms with E-state index in [9.17, 15) is 4.39 Å². The van der Waals surface area contributed by atoms with Crippen molar-refractivity contribution in [2.75, 3.05) is 0 Å². The molecule has 0 atom stereocenters. The summed E-state index contributed by atoms with van der Waals surface area (Å²) in [5.41, 5.74) is 6.82. The third kappa shape index (κ3) is 1.87. The van der Waals surface area contributed by atoms with Crippen LogP contribution in [0.3, 0.4) is 0 Å². The SMILES string of the molecule is Cc1ccc(F)cc1-c1nnc(CN)o1. The van der Waals surface area contributed by atoms with Gasteiger partial charge < -0.3 is 10.2 Å². The van der Waals surface area contributed by atoms with Crippen molar-refractivity contribution in [1.82, 2.24) is 10.2 Å². The van der Waals surface area contributed by atoms with Crippen molar-refractivity contribution in [3.8, 4) is 11.5 Å². The lowest BCUT2D eigenvalue weighted by molar-refractivity contribution is 0.508. The molecule has 1 aromatic carbocycles. The molecule has 15 heavy (non-hydrogen) atoms. The topological polar surface area (TPSA) is 64.9 Å². The predicted molar refractivity (Wildman–Crippen MR) is 52.3 cm³/mol. The molecule has 4 nitrogen and oxygen atoms in total. The van der Waals surface area contributed by atoms with Gasteiger partial charge in [-0.15, -0.1) is 10.2 Å². The molecule has 0 saturated carbocycles. The molecule has 1 aromatic heterocycles. The van der Waals surface area contributed by atoms with Gasteiger partial charge in [-0.2, -0.15) is 0 Å². The molecule has 78 valence electrons. The number of halogens is 1. The maximum absolute atomic E-state index is 13.0. The average molecular weight is 207 g/mol. The van der Waals surface area contributed by atoms with Crippen LogP contribution in [0.5, 0.6) is 0 Å². The Kier molecular flexibility index (Phi) is 2.47. The van der Waals surface area contributed by atoms with Crippen LogP contribution in [0.2, 0.25) is 0 Å². The van der Waals surface area contributed by atoms with Crippen molar-refractivity contribution in [3.05, 3.63) is 35.5 Å². The first-order valence-electron chi connectivity index (χ1n) is 4.49. The van der Waals surface area contributed by atoms with Gasteiger partial charge in [-0.3, -0.25) is 0 Å². The Labute approximate surface area is 85.9 Å². The Hall–Kier alpha value is -1.75. The third-order valence-corrected chi connectivity index (χ3v) is 2.07. The molecule has 0 aliphatic heterocycles. The highest BCUT2D eigenvalue weighted by molar-refractivity contribution is 5.57. The second kappa shape index (κ2) is 3.78. The maximum atomic E-state index is 13.0. The summed E-state index contributed by atoms with van der Waals surface area (Å²) in [5.74, 6) is 0.309. The van der Waals surface area contributed by atoms with E-state index in [2.05, 4.69) is 10.2 Å². The number of nitrogens with zero attached hydrogens (tertiary/aromatic N) is 2. The standard InChI is InChI=1S/C10H10FN3O/c1-6-2-3-7(11)4-8(6)10-14-13-9(5-12)15-10/h2-4H,5,12H2,1H3. The first-order valence-corrected chi connectivity index (χ1v) is 4.49. The van der Waals surface area contributed by atoms with Gasteiger partial charge >= 0.3 is 0 Å². The number of nitrogens with two attached hydrogens (primary N) is 1. The van der Waals surface area contributed by atoms with E-state index in [0.717, 1.165) is 5.56 Å². The summed E-state index contributed by atoms with van der Waals surface area (Å²) < 4.78 is 18.2. The van der Waals surface area contributed by atoms with E-state index in [0.29, 0.717) is 17.3 Å². The van der Waals surface area contributed by atoms with E-state index in [-0.39, 0.29) is 12.4 Å². The lowest BCUT2D eigenvalue weighted by atomic mass is 10.1. The summed E-state index contributed by atoms with van der Waals surface area (Å²) in [6.07, 6.45) is 0. The Morgan fingerprint density at radius 2 is 2.20 bits per heavy atom. The van der Waals surface area contributed by atoms with E-state index in [1.807, 2.05) is 6.92 Å². The zero-order valence-electron chi connectivity index (χ0n) is 8.20. The van der Waals surface area contributed by atoms with Crippen molar-refractivity contribution in [1.29, 1.82) is 0 Å². The van der Waals surface area contributed by atoms with Gasteiger partial charge in [0.1, 0.15) is 5.82 Å². The van der Waals surface area contributed by atoms with Crippen LogP contribution in [0.25, 0.3) is 11.5 Å². The average Bonchev–Trinajstić information content (AvgIpc) is 2.70. The van der Waals surface area contributed by atoms with Crippen LogP contribution < -0.4 is 5.73 Å². The summed E-state index contributed by atoms with van der Waals surface area (Å²) in [4.78, 5) is 0. The number of rotatable bonds is 2. The largest absolute Gasteiger partial charge is 0.419 e. The molecule has 5 heteroatoms. The first kappa shape index (κ1) is 9.79. The van der Waals surface area contributed by atoms with Crippen LogP contribution in [0.4, 0.5) is 4.39 Å². The summed E-state index contributed by atoms with van der Waals surface area (Å²) in [6, 6.07) is 4.42. The summed E-state index contributed by atoms with van der Waals surface area (Å²) in [5, 5.41) is 7.51. The fourth-order valence-electron chi connectivity index (χ4n) is 1.27. The molecule has 0 spiro atoms. The highest BCUT2D eigenvalue weighted by Gasteiger charge is 2.10. The summed E-state index contributed by atoms with van der Waals surface area (Å²) in [7, 11) is 0. The van der Waals surface area contributed by atoms with Crippen LogP contribution in [-0.4, -0.2) is 10.2 Å². The minimum Gasteiger partial charge on any atom is -0.419 e. The molecule has 0 amide bonds. The molecular weight excluding hydrogens is 197 g/mol.